The van der Waals surface area contributed by atoms with Crippen molar-refractivity contribution in [1.82, 2.24) is 0 Å². The van der Waals surface area contributed by atoms with Crippen LogP contribution in [-0.4, -0.2) is 17.6 Å². The summed E-state index contributed by atoms with van der Waals surface area (Å²) in [5.74, 6) is -0.390. The van der Waals surface area contributed by atoms with Gasteiger partial charge in [-0.05, 0) is 24.0 Å². The minimum atomic E-state index is -0.837. The number of benzene rings is 1. The third kappa shape index (κ3) is 3.91. The van der Waals surface area contributed by atoms with Gasteiger partial charge in [0, 0.05) is 17.8 Å². The van der Waals surface area contributed by atoms with Crippen LogP contribution >= 0.6 is 0 Å². The molecule has 1 aromatic carbocycles. The van der Waals surface area contributed by atoms with Crippen LogP contribution in [0, 0.1) is 0 Å². The van der Waals surface area contributed by atoms with Crippen molar-refractivity contribution in [1.29, 1.82) is 0 Å². The van der Waals surface area contributed by atoms with Gasteiger partial charge in [0.2, 0.25) is 0 Å². The van der Waals surface area contributed by atoms with E-state index >= 15 is 0 Å². The molecule has 0 saturated heterocycles. The smallest absolute Gasteiger partial charge is 0.331 e. The molecule has 0 unspecified atom stereocenters. The van der Waals surface area contributed by atoms with Crippen molar-refractivity contribution in [2.45, 2.75) is 33.1 Å². The second-order valence-corrected chi connectivity index (χ2v) is 4.51. The van der Waals surface area contributed by atoms with Crippen LogP contribution < -0.4 is 5.32 Å². The Morgan fingerprint density at radius 2 is 2.06 bits per heavy atom. The number of anilines is 1. The molecule has 0 heterocycles. The highest BCUT2D eigenvalue weighted by Gasteiger charge is 2.06. The summed E-state index contributed by atoms with van der Waals surface area (Å²) in [6, 6.07) is 8.12. The zero-order valence-electron chi connectivity index (χ0n) is 11.2. The molecule has 1 aromatic rings. The summed E-state index contributed by atoms with van der Waals surface area (Å²) >= 11 is 0. The van der Waals surface area contributed by atoms with Gasteiger partial charge in [-0.3, -0.25) is 0 Å². The van der Waals surface area contributed by atoms with Crippen molar-refractivity contribution < 1.29 is 9.90 Å². The van der Waals surface area contributed by atoms with E-state index in [-0.39, 0.29) is 0 Å². The Kier molecular flexibility index (Phi) is 5.43. The Labute approximate surface area is 109 Å². The summed E-state index contributed by atoms with van der Waals surface area (Å²) in [7, 11) is 0. The minimum Gasteiger partial charge on any atom is -0.478 e. The highest BCUT2D eigenvalue weighted by molar-refractivity contribution is 5.86. The molecule has 0 bridgehead atoms. The van der Waals surface area contributed by atoms with Crippen molar-refractivity contribution in [3.8, 4) is 0 Å². The molecule has 98 valence electrons. The van der Waals surface area contributed by atoms with Crippen LogP contribution in [0.2, 0.25) is 0 Å². The van der Waals surface area contributed by atoms with Crippen LogP contribution in [0.1, 0.15) is 38.7 Å². The number of hydrogen-bond acceptors (Lipinski definition) is 2. The van der Waals surface area contributed by atoms with Gasteiger partial charge in [-0.25, -0.2) is 4.79 Å². The largest absolute Gasteiger partial charge is 0.478 e. The fourth-order valence-electron chi connectivity index (χ4n) is 1.83. The molecule has 0 amide bonds. The number of rotatable bonds is 6. The normalized spacial score (nSPS) is 11.7. The van der Waals surface area contributed by atoms with Gasteiger partial charge in [-0.15, -0.1) is 0 Å². The minimum absolute atomic E-state index is 0.447. The lowest BCUT2D eigenvalue weighted by molar-refractivity contribution is -0.132. The Bertz CT molecular complexity index is 436. The maximum absolute atomic E-state index is 10.9. The number of carboxylic acids is 1. The molecule has 0 fully saturated rings. The van der Waals surface area contributed by atoms with Crippen LogP contribution in [0.15, 0.2) is 35.9 Å². The molecule has 0 radical (unpaired) electrons. The SMILES string of the molecule is CC/C(=C/CNc1ccccc1C(C)C)C(=O)O. The number of carbonyl (C=O) groups is 1. The Morgan fingerprint density at radius 3 is 2.61 bits per heavy atom. The Hall–Kier alpha value is -1.77. The van der Waals surface area contributed by atoms with Gasteiger partial charge < -0.3 is 10.4 Å². The van der Waals surface area contributed by atoms with Crippen molar-refractivity contribution >= 4 is 11.7 Å². The van der Waals surface area contributed by atoms with E-state index in [1.165, 1.54) is 5.56 Å². The zero-order valence-corrected chi connectivity index (χ0v) is 11.2. The standard InChI is InChI=1S/C15H21NO2/c1-4-12(15(17)18)9-10-16-14-8-6-5-7-13(14)11(2)3/h5-9,11,16H,4,10H2,1-3H3,(H,17,18)/b12-9-. The number of hydrogen-bond donors (Lipinski definition) is 2. The summed E-state index contributed by atoms with van der Waals surface area (Å²) < 4.78 is 0. The molecule has 0 saturated carbocycles. The summed E-state index contributed by atoms with van der Waals surface area (Å²) in [5, 5.41) is 12.2. The van der Waals surface area contributed by atoms with E-state index in [0.717, 1.165) is 5.69 Å². The van der Waals surface area contributed by atoms with Gasteiger partial charge >= 0.3 is 5.97 Å². The molecular weight excluding hydrogens is 226 g/mol. The first-order valence-corrected chi connectivity index (χ1v) is 6.31. The van der Waals surface area contributed by atoms with E-state index < -0.39 is 5.97 Å². The van der Waals surface area contributed by atoms with Gasteiger partial charge in [0.25, 0.3) is 0 Å². The van der Waals surface area contributed by atoms with Crippen molar-refractivity contribution in [2.24, 2.45) is 0 Å². The number of nitrogens with one attached hydrogen (secondary N) is 1. The molecule has 0 atom stereocenters. The number of aliphatic carboxylic acids is 1. The van der Waals surface area contributed by atoms with E-state index in [1.54, 1.807) is 6.08 Å². The molecule has 3 heteroatoms. The quantitative estimate of drug-likeness (QED) is 0.754. The average molecular weight is 247 g/mol. The van der Waals surface area contributed by atoms with E-state index in [4.69, 9.17) is 5.11 Å². The van der Waals surface area contributed by atoms with Crippen LogP contribution in [0.4, 0.5) is 5.69 Å². The fraction of sp³-hybridized carbons (Fsp3) is 0.400. The predicted molar refractivity (Wildman–Crippen MR) is 75.0 cm³/mol. The first-order chi connectivity index (χ1) is 8.56. The predicted octanol–water partition coefficient (Wildman–Crippen LogP) is 3.64. The first-order valence-electron chi connectivity index (χ1n) is 6.31. The highest BCUT2D eigenvalue weighted by Crippen LogP contribution is 2.23. The Balaban J connectivity index is 2.72. The molecular formula is C15H21NO2. The molecule has 1 rings (SSSR count). The number of para-hydroxylation sites is 1. The van der Waals surface area contributed by atoms with Crippen LogP contribution in [-0.2, 0) is 4.79 Å². The monoisotopic (exact) mass is 247 g/mol. The van der Waals surface area contributed by atoms with E-state index in [0.29, 0.717) is 24.5 Å². The fourth-order valence-corrected chi connectivity index (χ4v) is 1.83. The van der Waals surface area contributed by atoms with Crippen molar-refractivity contribution in [3.63, 3.8) is 0 Å². The highest BCUT2D eigenvalue weighted by atomic mass is 16.4. The van der Waals surface area contributed by atoms with Crippen LogP contribution in [0.25, 0.3) is 0 Å². The van der Waals surface area contributed by atoms with Gasteiger partial charge in [0.05, 0.1) is 0 Å². The average Bonchev–Trinajstić information content (AvgIpc) is 2.34. The third-order valence-corrected chi connectivity index (χ3v) is 2.88. The molecule has 0 aliphatic carbocycles. The molecule has 18 heavy (non-hydrogen) atoms. The van der Waals surface area contributed by atoms with Crippen LogP contribution in [0.5, 0.6) is 0 Å². The summed E-state index contributed by atoms with van der Waals surface area (Å²) in [4.78, 5) is 10.9. The van der Waals surface area contributed by atoms with Crippen molar-refractivity contribution in [2.75, 3.05) is 11.9 Å². The van der Waals surface area contributed by atoms with Gasteiger partial charge in [0.1, 0.15) is 0 Å². The molecule has 0 aliphatic heterocycles. The van der Waals surface area contributed by atoms with Gasteiger partial charge in [-0.1, -0.05) is 45.0 Å². The van der Waals surface area contributed by atoms with Crippen LogP contribution in [0.3, 0.4) is 0 Å². The summed E-state index contributed by atoms with van der Waals surface area (Å²) in [5.41, 5.74) is 2.77. The topological polar surface area (TPSA) is 49.3 Å². The van der Waals surface area contributed by atoms with Gasteiger partial charge in [-0.2, -0.15) is 0 Å². The van der Waals surface area contributed by atoms with E-state index in [9.17, 15) is 4.79 Å². The lowest BCUT2D eigenvalue weighted by atomic mass is 10.0. The summed E-state index contributed by atoms with van der Waals surface area (Å²) in [6.45, 7) is 6.68. The third-order valence-electron chi connectivity index (χ3n) is 2.88. The molecule has 0 aromatic heterocycles. The summed E-state index contributed by atoms with van der Waals surface area (Å²) in [6.07, 6.45) is 2.28. The molecule has 0 aliphatic rings. The lowest BCUT2D eigenvalue weighted by Crippen LogP contribution is -2.06. The second-order valence-electron chi connectivity index (χ2n) is 4.51. The first kappa shape index (κ1) is 14.3. The molecule has 3 nitrogen and oxygen atoms in total. The van der Waals surface area contributed by atoms with E-state index in [2.05, 4.69) is 25.2 Å². The van der Waals surface area contributed by atoms with E-state index in [1.807, 2.05) is 25.1 Å². The maximum atomic E-state index is 10.9. The van der Waals surface area contributed by atoms with Gasteiger partial charge in [0.15, 0.2) is 0 Å². The molecule has 2 N–H and O–H groups in total. The lowest BCUT2D eigenvalue weighted by Gasteiger charge is -2.13. The molecule has 0 spiro atoms. The second kappa shape index (κ2) is 6.84. The number of carboxylic acid groups (broad SMARTS) is 1. The zero-order chi connectivity index (χ0) is 13.5. The Morgan fingerprint density at radius 1 is 1.39 bits per heavy atom. The maximum Gasteiger partial charge on any atom is 0.331 e. The van der Waals surface area contributed by atoms with Crippen molar-refractivity contribution in [3.05, 3.63) is 41.5 Å².